The van der Waals surface area contributed by atoms with Gasteiger partial charge in [0, 0.05) is 49.4 Å². The van der Waals surface area contributed by atoms with Gasteiger partial charge in [-0.25, -0.2) is 4.39 Å². The van der Waals surface area contributed by atoms with Crippen molar-refractivity contribution in [3.05, 3.63) is 45.4 Å². The Labute approximate surface area is 225 Å². The first-order valence-corrected chi connectivity index (χ1v) is 12.7. The fraction of sp³-hybridized carbons (Fsp3) is 0.519. The van der Waals surface area contributed by atoms with Crippen LogP contribution in [-0.2, 0) is 22.6 Å². The average molecular weight is 547 g/mol. The average Bonchev–Trinajstić information content (AvgIpc) is 2.84. The number of likely N-dealkylation sites (N-methyl/N-ethyl adjacent to an activating group) is 1. The van der Waals surface area contributed by atoms with Crippen molar-refractivity contribution in [1.82, 2.24) is 10.2 Å². The van der Waals surface area contributed by atoms with Gasteiger partial charge in [-0.1, -0.05) is 0 Å². The van der Waals surface area contributed by atoms with E-state index in [4.69, 9.17) is 5.73 Å². The van der Waals surface area contributed by atoms with Gasteiger partial charge in [0.25, 0.3) is 5.91 Å². The van der Waals surface area contributed by atoms with Crippen LogP contribution in [0.1, 0.15) is 34.8 Å². The molecule has 3 aliphatic carbocycles. The van der Waals surface area contributed by atoms with Crippen LogP contribution in [0.5, 0.6) is 5.75 Å². The molecule has 0 aliphatic heterocycles. The predicted octanol–water partition coefficient (Wildman–Crippen LogP) is 0.634. The topological polar surface area (TPSA) is 177 Å². The number of amides is 1. The molecule has 0 bridgehead atoms. The summed E-state index contributed by atoms with van der Waals surface area (Å²) in [6, 6.07) is 0.168. The third-order valence-corrected chi connectivity index (χ3v) is 8.13. The summed E-state index contributed by atoms with van der Waals surface area (Å²) >= 11 is 0. The normalized spacial score (nSPS) is 27.3. The number of hydrogen-bond donors (Lipinski definition) is 6. The molecule has 0 fully saturated rings. The van der Waals surface area contributed by atoms with Crippen LogP contribution in [-0.4, -0.2) is 95.3 Å². The molecule has 1 amide bonds. The summed E-state index contributed by atoms with van der Waals surface area (Å²) in [5, 5.41) is 48.1. The molecule has 1 aromatic carbocycles. The van der Waals surface area contributed by atoms with Crippen molar-refractivity contribution >= 4 is 23.2 Å². The smallest absolute Gasteiger partial charge is 0.255 e. The number of aromatic hydroxyl groups is 1. The number of ketones is 2. The van der Waals surface area contributed by atoms with Gasteiger partial charge < -0.3 is 36.4 Å². The highest BCUT2D eigenvalue weighted by Crippen LogP contribution is 2.53. The van der Waals surface area contributed by atoms with E-state index in [1.54, 1.807) is 46.1 Å². The van der Waals surface area contributed by atoms with E-state index < -0.39 is 70.8 Å². The van der Waals surface area contributed by atoms with Gasteiger partial charge in [0.1, 0.15) is 29.5 Å². The number of halogens is 1. The van der Waals surface area contributed by atoms with Gasteiger partial charge in [-0.05, 0) is 51.4 Å². The van der Waals surface area contributed by atoms with E-state index in [9.17, 15) is 39.2 Å². The molecular weight excluding hydrogens is 511 g/mol. The largest absolute Gasteiger partial charge is 0.510 e. The molecule has 7 N–H and O–H groups in total. The molecule has 2 unspecified atom stereocenters. The first kappa shape index (κ1) is 28.5. The number of nitrogens with one attached hydrogen (secondary N) is 1. The van der Waals surface area contributed by atoms with Gasteiger partial charge in [0.15, 0.2) is 11.4 Å². The van der Waals surface area contributed by atoms with Crippen molar-refractivity contribution in [2.45, 2.75) is 44.0 Å². The lowest BCUT2D eigenvalue weighted by molar-refractivity contribution is -0.148. The number of aliphatic hydroxyl groups is 3. The van der Waals surface area contributed by atoms with Crippen LogP contribution in [0.3, 0.4) is 0 Å². The van der Waals surface area contributed by atoms with Crippen LogP contribution in [0.2, 0.25) is 0 Å². The Morgan fingerprint density at radius 1 is 1.23 bits per heavy atom. The maximum absolute atomic E-state index is 14.0. The molecule has 0 aromatic heterocycles. The molecule has 0 saturated carbocycles. The highest BCUT2D eigenvalue weighted by molar-refractivity contribution is 6.24. The van der Waals surface area contributed by atoms with Crippen LogP contribution in [0.25, 0.3) is 0 Å². The van der Waals surface area contributed by atoms with Crippen molar-refractivity contribution in [2.75, 3.05) is 39.8 Å². The number of carbonyl (C=O) groups is 3. The summed E-state index contributed by atoms with van der Waals surface area (Å²) in [5.74, 6) is -6.95. The number of aliphatic hydroxyl groups excluding tert-OH is 2. The fourth-order valence-electron chi connectivity index (χ4n) is 6.23. The van der Waals surface area contributed by atoms with E-state index in [0.717, 1.165) is 0 Å². The highest BCUT2D eigenvalue weighted by Gasteiger charge is 2.63. The second-order valence-electron chi connectivity index (χ2n) is 11.1. The molecule has 4 rings (SSSR count). The number of benzene rings is 1. The summed E-state index contributed by atoms with van der Waals surface area (Å²) in [6.07, 6.45) is 0.195. The van der Waals surface area contributed by atoms with Crippen molar-refractivity contribution in [1.29, 1.82) is 0 Å². The second-order valence-corrected chi connectivity index (χ2v) is 11.1. The van der Waals surface area contributed by atoms with E-state index in [0.29, 0.717) is 16.8 Å². The number of nitrogens with two attached hydrogens (primary N) is 1. The number of anilines is 1. The molecule has 11 nitrogen and oxygen atoms in total. The van der Waals surface area contributed by atoms with E-state index in [-0.39, 0.29) is 36.3 Å². The molecule has 5 atom stereocenters. The Kier molecular flexibility index (Phi) is 7.26. The van der Waals surface area contributed by atoms with Crippen LogP contribution in [0.4, 0.5) is 10.1 Å². The summed E-state index contributed by atoms with van der Waals surface area (Å²) in [6.45, 7) is 1.06. The van der Waals surface area contributed by atoms with Crippen LogP contribution >= 0.6 is 0 Å². The van der Waals surface area contributed by atoms with Gasteiger partial charge in [-0.3, -0.25) is 19.3 Å². The minimum atomic E-state index is -2.69. The standard InChI is InChI=1S/C27H35FN4O7/c1-11(9-28)30-10-13-8-16(31(2)3)14-6-12-7-15-20(32(4)5)23(35)19(26(29)38)25(37)27(15,39)24(36)17(12)22(34)18(14)21(13)33/h8,11-12,15,20,30,33,35-36,39H,6-7,9-10H2,1-5H3,(H2,29,38)/t11?,12-,15-,20?,27-/m0/s1. The van der Waals surface area contributed by atoms with Crippen LogP contribution < -0.4 is 16.0 Å². The van der Waals surface area contributed by atoms with Crippen molar-refractivity contribution in [3.63, 3.8) is 0 Å². The maximum Gasteiger partial charge on any atom is 0.255 e. The number of phenolic OH excluding ortho intramolecular Hbond substituents is 1. The molecule has 0 saturated heterocycles. The van der Waals surface area contributed by atoms with Crippen molar-refractivity contribution in [3.8, 4) is 5.75 Å². The molecule has 0 heterocycles. The summed E-state index contributed by atoms with van der Waals surface area (Å²) in [5.41, 5.74) is 3.02. The Hall–Kier alpha value is -3.48. The Morgan fingerprint density at radius 2 is 1.87 bits per heavy atom. The third kappa shape index (κ3) is 4.17. The quantitative estimate of drug-likeness (QED) is 0.266. The number of Topliss-reactive ketones (excluding diaryl/α,β-unsaturated/α-hetero) is 2. The van der Waals surface area contributed by atoms with Gasteiger partial charge in [-0.15, -0.1) is 0 Å². The van der Waals surface area contributed by atoms with E-state index in [2.05, 4.69) is 5.32 Å². The summed E-state index contributed by atoms with van der Waals surface area (Å²) < 4.78 is 13.0. The molecule has 1 aromatic rings. The van der Waals surface area contributed by atoms with Crippen LogP contribution in [0, 0.1) is 11.8 Å². The minimum Gasteiger partial charge on any atom is -0.510 e. The number of phenols is 1. The van der Waals surface area contributed by atoms with Gasteiger partial charge in [0.2, 0.25) is 5.78 Å². The molecule has 0 radical (unpaired) electrons. The molecular formula is C27H35FN4O7. The molecule has 12 heteroatoms. The molecule has 3 aliphatic rings. The lowest BCUT2D eigenvalue weighted by atomic mass is 9.58. The zero-order valence-electron chi connectivity index (χ0n) is 22.6. The number of primary amides is 1. The third-order valence-electron chi connectivity index (χ3n) is 8.13. The monoisotopic (exact) mass is 546 g/mol. The van der Waals surface area contributed by atoms with E-state index in [1.165, 1.54) is 4.90 Å². The van der Waals surface area contributed by atoms with Crippen molar-refractivity contribution in [2.24, 2.45) is 17.6 Å². The molecule has 0 spiro atoms. The Bertz CT molecular complexity index is 1320. The zero-order valence-corrected chi connectivity index (χ0v) is 22.6. The lowest BCUT2D eigenvalue weighted by Crippen LogP contribution is -2.63. The van der Waals surface area contributed by atoms with Gasteiger partial charge in [0.05, 0.1) is 11.6 Å². The van der Waals surface area contributed by atoms with E-state index in [1.807, 2.05) is 0 Å². The number of hydrogen-bond acceptors (Lipinski definition) is 10. The summed E-state index contributed by atoms with van der Waals surface area (Å²) in [4.78, 5) is 42.8. The van der Waals surface area contributed by atoms with Gasteiger partial charge in [-0.2, -0.15) is 0 Å². The second kappa shape index (κ2) is 9.92. The maximum atomic E-state index is 14.0. The lowest BCUT2D eigenvalue weighted by Gasteiger charge is -2.50. The summed E-state index contributed by atoms with van der Waals surface area (Å²) in [7, 11) is 6.71. The predicted molar refractivity (Wildman–Crippen MR) is 140 cm³/mol. The molecule has 39 heavy (non-hydrogen) atoms. The number of fused-ring (bicyclic) bond motifs is 3. The van der Waals surface area contributed by atoms with Crippen molar-refractivity contribution < 1.29 is 39.2 Å². The Balaban J connectivity index is 1.93. The van der Waals surface area contributed by atoms with E-state index >= 15 is 0 Å². The highest BCUT2D eigenvalue weighted by atomic mass is 19.1. The van der Waals surface area contributed by atoms with Crippen LogP contribution in [0.15, 0.2) is 28.7 Å². The first-order chi connectivity index (χ1) is 18.2. The minimum absolute atomic E-state index is 0.0106. The van der Waals surface area contributed by atoms with Gasteiger partial charge >= 0.3 is 0 Å². The first-order valence-electron chi connectivity index (χ1n) is 12.7. The zero-order chi connectivity index (χ0) is 29.1. The SMILES string of the molecule is CC(CF)NCc1cc(N(C)C)c2c(c1O)C(=O)C1=C(O)[C@]3(O)C(=O)C(C(N)=O)=C(O)C(N(C)C)[C@@H]3C[C@@H]1C2. The number of alkyl halides is 1. The fourth-order valence-corrected chi connectivity index (χ4v) is 6.23. The Morgan fingerprint density at radius 3 is 2.41 bits per heavy atom. The number of nitrogens with zero attached hydrogens (tertiary/aromatic N) is 2. The number of allylic oxidation sites excluding steroid dienone is 1. The number of carbonyl (C=O) groups excluding carboxylic acids is 3. The molecule has 212 valence electrons. The number of rotatable bonds is 7.